The molecule has 1 aliphatic heterocycles. The van der Waals surface area contributed by atoms with Gasteiger partial charge in [-0.2, -0.15) is 5.26 Å². The number of rotatable bonds is 2. The molecular weight excluding hydrogens is 336 g/mol. The van der Waals surface area contributed by atoms with Crippen LogP contribution in [0.25, 0.3) is 10.8 Å². The second-order valence-electron chi connectivity index (χ2n) is 6.68. The summed E-state index contributed by atoms with van der Waals surface area (Å²) in [5, 5.41) is 14.7. The van der Waals surface area contributed by atoms with E-state index in [4.69, 9.17) is 4.74 Å². The SMILES string of the molecule is CC(=O)NC1=C(C#N)C(c2ccc(C)cc2)c2c(ccc3ccccc23)O1. The maximum Gasteiger partial charge on any atom is 0.223 e. The number of amides is 1. The summed E-state index contributed by atoms with van der Waals surface area (Å²) in [6, 6.07) is 22.3. The van der Waals surface area contributed by atoms with Gasteiger partial charge >= 0.3 is 0 Å². The number of aryl methyl sites for hydroxylation is 1. The normalized spacial score (nSPS) is 15.7. The average molecular weight is 354 g/mol. The molecular formula is C23H18N2O2. The van der Waals surface area contributed by atoms with Crippen LogP contribution in [-0.2, 0) is 4.79 Å². The second kappa shape index (κ2) is 6.62. The van der Waals surface area contributed by atoms with Crippen molar-refractivity contribution >= 4 is 16.7 Å². The van der Waals surface area contributed by atoms with Gasteiger partial charge in [0.15, 0.2) is 0 Å². The highest BCUT2D eigenvalue weighted by Gasteiger charge is 2.33. The average Bonchev–Trinajstić information content (AvgIpc) is 2.67. The number of hydrogen-bond acceptors (Lipinski definition) is 3. The number of nitrogens with one attached hydrogen (secondary N) is 1. The number of ether oxygens (including phenoxy) is 1. The Hall–Kier alpha value is -3.58. The molecule has 4 heteroatoms. The molecule has 1 heterocycles. The fourth-order valence-electron chi connectivity index (χ4n) is 3.56. The van der Waals surface area contributed by atoms with Crippen LogP contribution in [0.3, 0.4) is 0 Å². The lowest BCUT2D eigenvalue weighted by atomic mass is 9.81. The van der Waals surface area contributed by atoms with Crippen molar-refractivity contribution in [3.63, 3.8) is 0 Å². The third-order valence-corrected chi connectivity index (χ3v) is 4.79. The standard InChI is InChI=1S/C23H18N2O2/c1-14-7-9-17(10-8-14)21-19(13-24)23(25-15(2)26)27-20-12-11-16-5-3-4-6-18(16)22(20)21/h3-12,21H,1-2H3,(H,25,26). The molecule has 0 saturated carbocycles. The van der Waals surface area contributed by atoms with Crippen LogP contribution in [0, 0.1) is 18.3 Å². The van der Waals surface area contributed by atoms with E-state index in [0.717, 1.165) is 27.5 Å². The fraction of sp³-hybridized carbons (Fsp3) is 0.130. The second-order valence-corrected chi connectivity index (χ2v) is 6.68. The molecule has 3 aromatic carbocycles. The summed E-state index contributed by atoms with van der Waals surface area (Å²) < 4.78 is 5.96. The van der Waals surface area contributed by atoms with Gasteiger partial charge in [0.25, 0.3) is 0 Å². The molecule has 1 atom stereocenters. The predicted octanol–water partition coefficient (Wildman–Crippen LogP) is 4.54. The van der Waals surface area contributed by atoms with Crippen molar-refractivity contribution in [1.82, 2.24) is 5.32 Å². The van der Waals surface area contributed by atoms with E-state index in [2.05, 4.69) is 11.4 Å². The first kappa shape index (κ1) is 16.9. The van der Waals surface area contributed by atoms with E-state index >= 15 is 0 Å². The van der Waals surface area contributed by atoms with Crippen LogP contribution in [0.2, 0.25) is 0 Å². The van der Waals surface area contributed by atoms with Gasteiger partial charge in [-0.1, -0.05) is 60.2 Å². The van der Waals surface area contributed by atoms with Crippen molar-refractivity contribution < 1.29 is 9.53 Å². The molecule has 27 heavy (non-hydrogen) atoms. The van der Waals surface area contributed by atoms with Crippen LogP contribution >= 0.6 is 0 Å². The molecule has 0 fully saturated rings. The van der Waals surface area contributed by atoms with Crippen molar-refractivity contribution in [2.24, 2.45) is 0 Å². The van der Waals surface area contributed by atoms with E-state index in [-0.39, 0.29) is 17.7 Å². The third kappa shape index (κ3) is 2.94. The first-order valence-electron chi connectivity index (χ1n) is 8.76. The number of nitriles is 1. The molecule has 0 aromatic heterocycles. The van der Waals surface area contributed by atoms with Crippen LogP contribution in [0.4, 0.5) is 0 Å². The largest absolute Gasteiger partial charge is 0.440 e. The number of nitrogens with zero attached hydrogens (tertiary/aromatic N) is 1. The number of hydrogen-bond donors (Lipinski definition) is 1. The summed E-state index contributed by atoms with van der Waals surface area (Å²) in [5.41, 5.74) is 3.48. The molecule has 0 radical (unpaired) electrons. The van der Waals surface area contributed by atoms with Crippen molar-refractivity contribution in [2.75, 3.05) is 0 Å². The minimum Gasteiger partial charge on any atom is -0.440 e. The van der Waals surface area contributed by atoms with Gasteiger partial charge in [-0.05, 0) is 29.3 Å². The number of benzene rings is 3. The lowest BCUT2D eigenvalue weighted by Gasteiger charge is -2.29. The Morgan fingerprint density at radius 2 is 1.81 bits per heavy atom. The van der Waals surface area contributed by atoms with Gasteiger partial charge in [-0.3, -0.25) is 10.1 Å². The van der Waals surface area contributed by atoms with E-state index in [1.165, 1.54) is 6.92 Å². The molecule has 0 bridgehead atoms. The number of carbonyl (C=O) groups is 1. The lowest BCUT2D eigenvalue weighted by molar-refractivity contribution is -0.118. The Labute approximate surface area is 157 Å². The zero-order chi connectivity index (χ0) is 19.0. The van der Waals surface area contributed by atoms with E-state index in [0.29, 0.717) is 11.3 Å². The minimum atomic E-state index is -0.313. The molecule has 3 aromatic rings. The highest BCUT2D eigenvalue weighted by molar-refractivity contribution is 5.90. The van der Waals surface area contributed by atoms with Crippen LogP contribution in [0.1, 0.15) is 29.5 Å². The Morgan fingerprint density at radius 1 is 1.07 bits per heavy atom. The van der Waals surface area contributed by atoms with E-state index in [9.17, 15) is 10.1 Å². The number of fused-ring (bicyclic) bond motifs is 3. The Balaban J connectivity index is 2.02. The molecule has 0 spiro atoms. The smallest absolute Gasteiger partial charge is 0.223 e. The lowest BCUT2D eigenvalue weighted by Crippen LogP contribution is -2.29. The predicted molar refractivity (Wildman–Crippen MR) is 104 cm³/mol. The fourth-order valence-corrected chi connectivity index (χ4v) is 3.56. The quantitative estimate of drug-likeness (QED) is 0.735. The summed E-state index contributed by atoms with van der Waals surface area (Å²) in [6.07, 6.45) is 0. The van der Waals surface area contributed by atoms with Crippen molar-refractivity contribution in [3.8, 4) is 11.8 Å². The van der Waals surface area contributed by atoms with Gasteiger partial charge in [-0.25, -0.2) is 0 Å². The van der Waals surface area contributed by atoms with Gasteiger partial charge in [-0.15, -0.1) is 0 Å². The Kier molecular flexibility index (Phi) is 4.13. The molecule has 1 unspecified atom stereocenters. The van der Waals surface area contributed by atoms with Crippen molar-refractivity contribution in [1.29, 1.82) is 5.26 Å². The van der Waals surface area contributed by atoms with Gasteiger partial charge in [0, 0.05) is 12.5 Å². The molecule has 1 amide bonds. The molecule has 0 aliphatic carbocycles. The zero-order valence-electron chi connectivity index (χ0n) is 15.1. The molecule has 1 aliphatic rings. The minimum absolute atomic E-state index is 0.207. The van der Waals surface area contributed by atoms with Crippen LogP contribution in [0.5, 0.6) is 5.75 Å². The van der Waals surface area contributed by atoms with Crippen molar-refractivity contribution in [2.45, 2.75) is 19.8 Å². The van der Waals surface area contributed by atoms with E-state index in [1.807, 2.05) is 67.6 Å². The summed E-state index contributed by atoms with van der Waals surface area (Å²) >= 11 is 0. The van der Waals surface area contributed by atoms with Gasteiger partial charge < -0.3 is 4.74 Å². The first-order valence-corrected chi connectivity index (χ1v) is 8.76. The number of carbonyl (C=O) groups excluding carboxylic acids is 1. The maximum absolute atomic E-state index is 11.7. The van der Waals surface area contributed by atoms with Gasteiger partial charge in [0.2, 0.25) is 11.8 Å². The van der Waals surface area contributed by atoms with Gasteiger partial charge in [0.05, 0.1) is 5.92 Å². The third-order valence-electron chi connectivity index (χ3n) is 4.79. The monoisotopic (exact) mass is 354 g/mol. The summed E-state index contributed by atoms with van der Waals surface area (Å²) in [7, 11) is 0. The highest BCUT2D eigenvalue weighted by Crippen LogP contribution is 2.45. The molecule has 132 valence electrons. The first-order chi connectivity index (χ1) is 13.1. The summed E-state index contributed by atoms with van der Waals surface area (Å²) in [4.78, 5) is 11.7. The van der Waals surface area contributed by atoms with E-state index in [1.54, 1.807) is 0 Å². The summed E-state index contributed by atoms with van der Waals surface area (Å²) in [5.74, 6) is 0.275. The van der Waals surface area contributed by atoms with Crippen LogP contribution in [-0.4, -0.2) is 5.91 Å². The molecule has 0 saturated heterocycles. The van der Waals surface area contributed by atoms with Gasteiger partial charge in [0.1, 0.15) is 17.4 Å². The Morgan fingerprint density at radius 3 is 2.52 bits per heavy atom. The van der Waals surface area contributed by atoms with E-state index < -0.39 is 0 Å². The topological polar surface area (TPSA) is 62.1 Å². The highest BCUT2D eigenvalue weighted by atomic mass is 16.5. The molecule has 4 nitrogen and oxygen atoms in total. The number of allylic oxidation sites excluding steroid dienone is 1. The van der Waals surface area contributed by atoms with Crippen LogP contribution in [0.15, 0.2) is 72.1 Å². The maximum atomic E-state index is 11.7. The van der Waals surface area contributed by atoms with Crippen LogP contribution < -0.4 is 10.1 Å². The summed E-state index contributed by atoms with van der Waals surface area (Å²) in [6.45, 7) is 3.43. The Bertz CT molecular complexity index is 1120. The van der Waals surface area contributed by atoms with Crippen molar-refractivity contribution in [3.05, 3.63) is 88.8 Å². The molecule has 4 rings (SSSR count). The molecule has 1 N–H and O–H groups in total. The zero-order valence-corrected chi connectivity index (χ0v) is 15.1.